The molecule has 0 unspecified atom stereocenters. The molecule has 0 spiro atoms. The van der Waals surface area contributed by atoms with Gasteiger partial charge in [-0.1, -0.05) is 29.2 Å². The number of rotatable bonds is 9. The molecule has 3 aromatic heterocycles. The van der Waals surface area contributed by atoms with Crippen LogP contribution in [0.3, 0.4) is 0 Å². The number of carbonyl (C=O) groups is 1. The van der Waals surface area contributed by atoms with Crippen molar-refractivity contribution in [3.05, 3.63) is 65.2 Å². The molecule has 3 heterocycles. The van der Waals surface area contributed by atoms with Crippen LogP contribution in [0.4, 0.5) is 16.6 Å². The maximum atomic E-state index is 12.7. The van der Waals surface area contributed by atoms with E-state index in [1.54, 1.807) is 19.4 Å². The zero-order chi connectivity index (χ0) is 24.1. The summed E-state index contributed by atoms with van der Waals surface area (Å²) in [5.41, 5.74) is 3.00. The second-order valence-electron chi connectivity index (χ2n) is 7.28. The summed E-state index contributed by atoms with van der Waals surface area (Å²) in [6, 6.07) is 13.4. The maximum Gasteiger partial charge on any atom is 0.235 e. The lowest BCUT2D eigenvalue weighted by molar-refractivity contribution is -0.113. The summed E-state index contributed by atoms with van der Waals surface area (Å²) in [5, 5.41) is 24.6. The second-order valence-corrected chi connectivity index (χ2v) is 9.48. The summed E-state index contributed by atoms with van der Waals surface area (Å²) in [6.45, 7) is 4.20. The molecule has 0 atom stereocenters. The Balaban J connectivity index is 1.41. The van der Waals surface area contributed by atoms with Crippen molar-refractivity contribution < 1.29 is 13.9 Å². The van der Waals surface area contributed by atoms with Gasteiger partial charge in [0.25, 0.3) is 0 Å². The number of ether oxygens (including phenoxy) is 1. The van der Waals surface area contributed by atoms with Gasteiger partial charge in [0.1, 0.15) is 23.4 Å². The number of nitriles is 1. The van der Waals surface area contributed by atoms with Crippen LogP contribution in [-0.4, -0.2) is 33.5 Å². The van der Waals surface area contributed by atoms with Crippen molar-refractivity contribution in [1.82, 2.24) is 14.8 Å². The molecule has 0 bridgehead atoms. The molecular formula is C23H22N6O3S2. The predicted octanol–water partition coefficient (Wildman–Crippen LogP) is 4.95. The van der Waals surface area contributed by atoms with Gasteiger partial charge in [-0.15, -0.1) is 10.2 Å². The first-order chi connectivity index (χ1) is 16.5. The lowest BCUT2D eigenvalue weighted by atomic mass is 10.2. The average molecular weight is 495 g/mol. The van der Waals surface area contributed by atoms with Crippen LogP contribution in [0.1, 0.15) is 22.6 Å². The van der Waals surface area contributed by atoms with Crippen molar-refractivity contribution in [1.29, 1.82) is 5.26 Å². The first-order valence-corrected chi connectivity index (χ1v) is 12.1. The van der Waals surface area contributed by atoms with E-state index in [1.807, 2.05) is 48.7 Å². The average Bonchev–Trinajstić information content (AvgIpc) is 3.56. The van der Waals surface area contributed by atoms with Gasteiger partial charge in [-0.2, -0.15) is 5.26 Å². The van der Waals surface area contributed by atoms with Crippen molar-refractivity contribution in [2.24, 2.45) is 0 Å². The van der Waals surface area contributed by atoms with Crippen molar-refractivity contribution in [3.63, 3.8) is 0 Å². The van der Waals surface area contributed by atoms with Crippen molar-refractivity contribution in [2.75, 3.05) is 23.5 Å². The lowest BCUT2D eigenvalue weighted by Gasteiger charge is -2.11. The number of aromatic nitrogens is 3. The normalized spacial score (nSPS) is 10.6. The maximum absolute atomic E-state index is 12.7. The standard InChI is InChI=1S/C23H22N6O3S2/c1-14-15(2)29(12-18-8-5-9-32-18)21(19(14)11-24)26-20(30)13-33-23-28-27-22(34-23)25-16-6-4-7-17(10-16)31-3/h4-10H,12-13H2,1-3H3,(H,25,27)(H,26,30). The van der Waals surface area contributed by atoms with Crippen molar-refractivity contribution in [3.8, 4) is 11.8 Å². The van der Waals surface area contributed by atoms with E-state index in [1.165, 1.54) is 23.1 Å². The quantitative estimate of drug-likeness (QED) is 0.314. The van der Waals surface area contributed by atoms with Gasteiger partial charge in [-0.05, 0) is 43.7 Å². The molecule has 1 amide bonds. The Morgan fingerprint density at radius 1 is 1.29 bits per heavy atom. The number of amides is 1. The summed E-state index contributed by atoms with van der Waals surface area (Å²) >= 11 is 2.63. The third-order valence-electron chi connectivity index (χ3n) is 5.15. The molecule has 1 aromatic carbocycles. The van der Waals surface area contributed by atoms with Crippen LogP contribution in [0.5, 0.6) is 5.75 Å². The minimum absolute atomic E-state index is 0.128. The molecule has 34 heavy (non-hydrogen) atoms. The van der Waals surface area contributed by atoms with Gasteiger partial charge in [-0.25, -0.2) is 0 Å². The van der Waals surface area contributed by atoms with Crippen molar-refractivity contribution >= 4 is 45.6 Å². The van der Waals surface area contributed by atoms with Crippen LogP contribution in [0.2, 0.25) is 0 Å². The van der Waals surface area contributed by atoms with Gasteiger partial charge in [0, 0.05) is 17.4 Å². The Morgan fingerprint density at radius 2 is 2.15 bits per heavy atom. The highest BCUT2D eigenvalue weighted by atomic mass is 32.2. The summed E-state index contributed by atoms with van der Waals surface area (Å²) < 4.78 is 13.2. The summed E-state index contributed by atoms with van der Waals surface area (Å²) in [5.74, 6) is 1.83. The van der Waals surface area contributed by atoms with Crippen LogP contribution in [0, 0.1) is 25.2 Å². The Bertz CT molecular complexity index is 1340. The first-order valence-electron chi connectivity index (χ1n) is 10.3. The number of hydrogen-bond acceptors (Lipinski definition) is 9. The third-order valence-corrected chi connectivity index (χ3v) is 7.12. The molecule has 174 valence electrons. The van der Waals surface area contributed by atoms with Gasteiger partial charge in [0.15, 0.2) is 4.34 Å². The number of furan rings is 1. The Kier molecular flexibility index (Phi) is 7.20. The monoisotopic (exact) mass is 494 g/mol. The first kappa shape index (κ1) is 23.4. The minimum atomic E-state index is -0.239. The van der Waals surface area contributed by atoms with Crippen LogP contribution < -0.4 is 15.4 Å². The van der Waals surface area contributed by atoms with E-state index < -0.39 is 0 Å². The Labute approximate surface area is 204 Å². The van der Waals surface area contributed by atoms with E-state index in [0.717, 1.165) is 28.5 Å². The number of nitrogens with zero attached hydrogens (tertiary/aromatic N) is 4. The van der Waals surface area contributed by atoms with Gasteiger partial charge in [0.05, 0.1) is 31.2 Å². The molecule has 4 aromatic rings. The molecule has 9 nitrogen and oxygen atoms in total. The highest BCUT2D eigenvalue weighted by Crippen LogP contribution is 2.30. The number of thioether (sulfide) groups is 1. The number of benzene rings is 1. The summed E-state index contributed by atoms with van der Waals surface area (Å²) in [6.07, 6.45) is 1.60. The van der Waals surface area contributed by atoms with Gasteiger partial charge < -0.3 is 24.4 Å². The largest absolute Gasteiger partial charge is 0.497 e. The zero-order valence-electron chi connectivity index (χ0n) is 18.8. The summed E-state index contributed by atoms with van der Waals surface area (Å²) in [7, 11) is 1.61. The van der Waals surface area contributed by atoms with E-state index in [9.17, 15) is 10.1 Å². The SMILES string of the molecule is COc1cccc(Nc2nnc(SCC(=O)Nc3c(C#N)c(C)c(C)n3Cc3ccco3)s2)c1. The van der Waals surface area contributed by atoms with Crippen molar-refractivity contribution in [2.45, 2.75) is 24.7 Å². The number of carbonyl (C=O) groups excluding carboxylic acids is 1. The van der Waals surface area contributed by atoms with E-state index >= 15 is 0 Å². The molecule has 4 rings (SSSR count). The molecule has 0 saturated carbocycles. The highest BCUT2D eigenvalue weighted by molar-refractivity contribution is 8.01. The number of methoxy groups -OCH3 is 1. The fourth-order valence-corrected chi connectivity index (χ4v) is 4.90. The summed E-state index contributed by atoms with van der Waals surface area (Å²) in [4.78, 5) is 12.7. The number of nitrogens with one attached hydrogen (secondary N) is 2. The molecule has 11 heteroatoms. The molecule has 0 radical (unpaired) electrons. The predicted molar refractivity (Wildman–Crippen MR) is 132 cm³/mol. The Morgan fingerprint density at radius 3 is 2.88 bits per heavy atom. The highest BCUT2D eigenvalue weighted by Gasteiger charge is 2.20. The fourth-order valence-electron chi connectivity index (χ4n) is 3.32. The van der Waals surface area contributed by atoms with Crippen LogP contribution in [0.15, 0.2) is 51.4 Å². The molecular weight excluding hydrogens is 472 g/mol. The molecule has 2 N–H and O–H groups in total. The van der Waals surface area contributed by atoms with E-state index in [2.05, 4.69) is 26.9 Å². The molecule has 0 aliphatic rings. The lowest BCUT2D eigenvalue weighted by Crippen LogP contribution is -2.18. The molecule has 0 saturated heterocycles. The zero-order valence-corrected chi connectivity index (χ0v) is 20.4. The van der Waals surface area contributed by atoms with E-state index in [0.29, 0.717) is 27.4 Å². The fraction of sp³-hybridized carbons (Fsp3) is 0.217. The molecule has 0 aliphatic heterocycles. The second kappa shape index (κ2) is 10.5. The van der Waals surface area contributed by atoms with Gasteiger partial charge in [0.2, 0.25) is 11.0 Å². The molecule has 0 fully saturated rings. The third kappa shape index (κ3) is 5.24. The topological polar surface area (TPSA) is 118 Å². The minimum Gasteiger partial charge on any atom is -0.497 e. The molecule has 0 aliphatic carbocycles. The van der Waals surface area contributed by atoms with Crippen LogP contribution in [0.25, 0.3) is 0 Å². The number of anilines is 3. The van der Waals surface area contributed by atoms with Crippen LogP contribution in [-0.2, 0) is 11.3 Å². The van der Waals surface area contributed by atoms with Crippen LogP contribution >= 0.6 is 23.1 Å². The Hall–Kier alpha value is -3.75. The smallest absolute Gasteiger partial charge is 0.235 e. The van der Waals surface area contributed by atoms with Gasteiger partial charge in [-0.3, -0.25) is 4.79 Å². The number of hydrogen-bond donors (Lipinski definition) is 2. The van der Waals surface area contributed by atoms with E-state index in [4.69, 9.17) is 9.15 Å². The van der Waals surface area contributed by atoms with Gasteiger partial charge >= 0.3 is 0 Å². The van der Waals surface area contributed by atoms with E-state index in [-0.39, 0.29) is 11.7 Å².